The Kier molecular flexibility index (Phi) is 7.52. The minimum Gasteiger partial charge on any atom is -0.321 e. The van der Waals surface area contributed by atoms with Crippen molar-refractivity contribution in [3.8, 4) is 6.07 Å². The highest BCUT2D eigenvalue weighted by molar-refractivity contribution is 9.10. The normalized spacial score (nSPS) is 16.4. The largest absolute Gasteiger partial charge is 0.321 e. The highest BCUT2D eigenvalue weighted by Crippen LogP contribution is 2.42. The lowest BCUT2D eigenvalue weighted by Crippen LogP contribution is -2.30. The van der Waals surface area contributed by atoms with Gasteiger partial charge in [-0.1, -0.05) is 57.5 Å². The number of amides is 2. The third-order valence-corrected chi connectivity index (χ3v) is 7.23. The van der Waals surface area contributed by atoms with Crippen LogP contribution in [-0.4, -0.2) is 22.0 Å². The van der Waals surface area contributed by atoms with Gasteiger partial charge in [-0.25, -0.2) is 0 Å². The van der Waals surface area contributed by atoms with Gasteiger partial charge in [0.25, 0.3) is 11.6 Å². The van der Waals surface area contributed by atoms with Crippen LogP contribution in [0.2, 0.25) is 0 Å². The van der Waals surface area contributed by atoms with Crippen molar-refractivity contribution in [2.24, 2.45) is 0 Å². The first-order chi connectivity index (χ1) is 17.3. The fourth-order valence-electron chi connectivity index (χ4n) is 3.65. The van der Waals surface area contributed by atoms with E-state index >= 15 is 0 Å². The van der Waals surface area contributed by atoms with Crippen molar-refractivity contribution in [1.82, 2.24) is 0 Å². The lowest BCUT2D eigenvalue weighted by molar-refractivity contribution is -0.384. The number of thioether (sulfide) groups is 1. The van der Waals surface area contributed by atoms with Crippen molar-refractivity contribution < 1.29 is 14.5 Å². The van der Waals surface area contributed by atoms with Gasteiger partial charge in [0.1, 0.15) is 16.7 Å². The number of hydrogen-bond donors (Lipinski definition) is 1. The number of anilines is 2. The number of hydrogen-bond acceptors (Lipinski definition) is 6. The van der Waals surface area contributed by atoms with Crippen LogP contribution in [0, 0.1) is 28.4 Å². The zero-order valence-electron chi connectivity index (χ0n) is 19.0. The standard InChI is InChI=1S/C26H19BrN4O4S/c1-16-5-9-19(10-6-16)29-24(32)22(15-28)26-30(20-11-7-18(27)8-12-20)25(33)23(36-26)14-17-3-2-4-21(13-17)31(34)35/h2-13,23H,14H2,1H3,(H,29,32)/b26-22-. The molecule has 1 atom stereocenters. The van der Waals surface area contributed by atoms with Crippen LogP contribution in [0.4, 0.5) is 17.1 Å². The fraction of sp³-hybridized carbons (Fsp3) is 0.115. The van der Waals surface area contributed by atoms with Gasteiger partial charge in [-0.3, -0.25) is 24.6 Å². The molecule has 0 radical (unpaired) electrons. The molecule has 1 aliphatic heterocycles. The van der Waals surface area contributed by atoms with Gasteiger partial charge in [0.2, 0.25) is 5.91 Å². The molecule has 1 saturated heterocycles. The van der Waals surface area contributed by atoms with E-state index in [1.807, 2.05) is 25.1 Å². The zero-order chi connectivity index (χ0) is 25.8. The van der Waals surface area contributed by atoms with Gasteiger partial charge >= 0.3 is 0 Å². The van der Waals surface area contributed by atoms with Crippen LogP contribution in [0.5, 0.6) is 0 Å². The molecule has 4 rings (SSSR count). The van der Waals surface area contributed by atoms with E-state index in [2.05, 4.69) is 21.2 Å². The molecule has 36 heavy (non-hydrogen) atoms. The van der Waals surface area contributed by atoms with Crippen molar-refractivity contribution in [2.75, 3.05) is 10.2 Å². The summed E-state index contributed by atoms with van der Waals surface area (Å²) in [7, 11) is 0. The number of nitriles is 1. The third kappa shape index (κ3) is 5.48. The molecule has 8 nitrogen and oxygen atoms in total. The van der Waals surface area contributed by atoms with E-state index in [4.69, 9.17) is 0 Å². The van der Waals surface area contributed by atoms with E-state index in [0.29, 0.717) is 16.9 Å². The van der Waals surface area contributed by atoms with Crippen LogP contribution >= 0.6 is 27.7 Å². The van der Waals surface area contributed by atoms with Gasteiger partial charge < -0.3 is 5.32 Å². The first kappa shape index (κ1) is 25.2. The van der Waals surface area contributed by atoms with Gasteiger partial charge in [-0.2, -0.15) is 5.26 Å². The lowest BCUT2D eigenvalue weighted by atomic mass is 10.1. The maximum atomic E-state index is 13.5. The second-order valence-corrected chi connectivity index (χ2v) is 10.1. The molecule has 3 aromatic rings. The number of nitrogens with zero attached hydrogens (tertiary/aromatic N) is 3. The van der Waals surface area contributed by atoms with E-state index in [-0.39, 0.29) is 28.6 Å². The van der Waals surface area contributed by atoms with E-state index in [1.54, 1.807) is 48.5 Å². The van der Waals surface area contributed by atoms with Crippen molar-refractivity contribution in [3.63, 3.8) is 0 Å². The minimum atomic E-state index is -0.679. The Balaban J connectivity index is 1.72. The molecule has 3 aromatic carbocycles. The second kappa shape index (κ2) is 10.8. The molecule has 0 bridgehead atoms. The number of non-ortho nitro benzene ring substituents is 1. The van der Waals surface area contributed by atoms with E-state index < -0.39 is 16.1 Å². The van der Waals surface area contributed by atoms with Gasteiger partial charge in [0.15, 0.2) is 0 Å². The number of halogens is 1. The zero-order valence-corrected chi connectivity index (χ0v) is 21.4. The number of aryl methyl sites for hydroxylation is 1. The predicted octanol–water partition coefficient (Wildman–Crippen LogP) is 5.73. The summed E-state index contributed by atoms with van der Waals surface area (Å²) in [6, 6.07) is 22.2. The Bertz CT molecular complexity index is 1420. The quantitative estimate of drug-likeness (QED) is 0.177. The lowest BCUT2D eigenvalue weighted by Gasteiger charge is -2.19. The van der Waals surface area contributed by atoms with Crippen LogP contribution in [-0.2, 0) is 16.0 Å². The highest BCUT2D eigenvalue weighted by atomic mass is 79.9. The van der Waals surface area contributed by atoms with E-state index in [0.717, 1.165) is 21.8 Å². The smallest absolute Gasteiger partial charge is 0.269 e. The number of nitrogens with one attached hydrogen (secondary N) is 1. The summed E-state index contributed by atoms with van der Waals surface area (Å²) in [5.74, 6) is -0.950. The number of benzene rings is 3. The number of rotatable bonds is 6. The third-order valence-electron chi connectivity index (χ3n) is 5.44. The molecule has 180 valence electrons. The molecule has 1 unspecified atom stereocenters. The summed E-state index contributed by atoms with van der Waals surface area (Å²) < 4.78 is 0.807. The summed E-state index contributed by atoms with van der Waals surface area (Å²) in [6.45, 7) is 1.92. The molecule has 1 heterocycles. The van der Waals surface area contributed by atoms with Crippen LogP contribution in [0.1, 0.15) is 11.1 Å². The number of nitro benzene ring substituents is 1. The summed E-state index contributed by atoms with van der Waals surface area (Å²) in [5.41, 5.74) is 2.39. The molecule has 2 amide bonds. The Morgan fingerprint density at radius 2 is 1.86 bits per heavy atom. The topological polar surface area (TPSA) is 116 Å². The summed E-state index contributed by atoms with van der Waals surface area (Å²) in [5, 5.41) is 23.4. The van der Waals surface area contributed by atoms with Crippen LogP contribution in [0.3, 0.4) is 0 Å². The summed E-state index contributed by atoms with van der Waals surface area (Å²) in [4.78, 5) is 38.7. The second-order valence-electron chi connectivity index (χ2n) is 8.00. The SMILES string of the molecule is Cc1ccc(NC(=O)/C(C#N)=C2\SC(Cc3cccc([N+](=O)[O-])c3)C(=O)N2c2ccc(Br)cc2)cc1. The van der Waals surface area contributed by atoms with Gasteiger partial charge in [-0.15, -0.1) is 0 Å². The molecule has 0 aliphatic carbocycles. The molecular formula is C26H19BrN4O4S. The molecule has 0 saturated carbocycles. The fourth-order valence-corrected chi connectivity index (χ4v) is 5.23. The maximum absolute atomic E-state index is 13.5. The molecule has 1 aliphatic rings. The number of carbonyl (C=O) groups is 2. The first-order valence-electron chi connectivity index (χ1n) is 10.8. The van der Waals surface area contributed by atoms with Crippen molar-refractivity contribution >= 4 is 56.6 Å². The Labute approximate surface area is 219 Å². The number of carbonyl (C=O) groups excluding carboxylic acids is 2. The van der Waals surface area contributed by atoms with Crippen LogP contribution in [0.15, 0.2) is 87.9 Å². The summed E-state index contributed by atoms with van der Waals surface area (Å²) >= 11 is 4.47. The van der Waals surface area contributed by atoms with Crippen molar-refractivity contribution in [2.45, 2.75) is 18.6 Å². The molecule has 1 N–H and O–H groups in total. The number of nitro groups is 1. The van der Waals surface area contributed by atoms with E-state index in [9.17, 15) is 25.0 Å². The van der Waals surface area contributed by atoms with Gasteiger partial charge in [0.05, 0.1) is 10.2 Å². The first-order valence-corrected chi connectivity index (χ1v) is 12.5. The predicted molar refractivity (Wildman–Crippen MR) is 142 cm³/mol. The monoisotopic (exact) mass is 562 g/mol. The molecule has 0 aromatic heterocycles. The Morgan fingerprint density at radius 1 is 1.17 bits per heavy atom. The highest BCUT2D eigenvalue weighted by Gasteiger charge is 2.41. The minimum absolute atomic E-state index is 0.0707. The Morgan fingerprint density at radius 3 is 2.50 bits per heavy atom. The van der Waals surface area contributed by atoms with Crippen LogP contribution in [0.25, 0.3) is 0 Å². The van der Waals surface area contributed by atoms with Crippen LogP contribution < -0.4 is 10.2 Å². The van der Waals surface area contributed by atoms with E-state index in [1.165, 1.54) is 17.0 Å². The van der Waals surface area contributed by atoms with Gasteiger partial charge in [-0.05, 0) is 55.3 Å². The molecular weight excluding hydrogens is 544 g/mol. The Hall–Kier alpha value is -3.94. The van der Waals surface area contributed by atoms with Crippen molar-refractivity contribution in [1.29, 1.82) is 5.26 Å². The average molecular weight is 563 g/mol. The maximum Gasteiger partial charge on any atom is 0.269 e. The summed E-state index contributed by atoms with van der Waals surface area (Å²) in [6.07, 6.45) is 0.194. The molecule has 1 fully saturated rings. The van der Waals surface area contributed by atoms with Crippen molar-refractivity contribution in [3.05, 3.63) is 109 Å². The van der Waals surface area contributed by atoms with Gasteiger partial charge in [0, 0.05) is 28.0 Å². The average Bonchev–Trinajstić information content (AvgIpc) is 3.17. The molecule has 10 heteroatoms. The molecule has 0 spiro atoms.